The van der Waals surface area contributed by atoms with E-state index in [4.69, 9.17) is 32.7 Å². The number of esters is 1. The van der Waals surface area contributed by atoms with Crippen molar-refractivity contribution in [1.29, 1.82) is 0 Å². The SMILES string of the molecule is CCc1cccc(C)c1NC(=O)COC(=O)c1cc(Cl)c(OC)c(Cl)c1. The number of anilines is 1. The molecular formula is C19H19Cl2NO4. The van der Waals surface area contributed by atoms with Crippen LogP contribution in [-0.4, -0.2) is 25.6 Å². The number of carbonyl (C=O) groups excluding carboxylic acids is 2. The molecule has 0 aliphatic rings. The maximum Gasteiger partial charge on any atom is 0.338 e. The molecule has 7 heteroatoms. The normalized spacial score (nSPS) is 10.3. The molecule has 2 aromatic carbocycles. The minimum Gasteiger partial charge on any atom is -0.494 e. The van der Waals surface area contributed by atoms with Crippen LogP contribution in [0, 0.1) is 6.92 Å². The van der Waals surface area contributed by atoms with Crippen molar-refractivity contribution in [2.24, 2.45) is 0 Å². The van der Waals surface area contributed by atoms with Crippen molar-refractivity contribution in [2.75, 3.05) is 19.0 Å². The van der Waals surface area contributed by atoms with Gasteiger partial charge in [-0.1, -0.05) is 48.3 Å². The highest BCUT2D eigenvalue weighted by Crippen LogP contribution is 2.34. The zero-order valence-corrected chi connectivity index (χ0v) is 16.2. The second-order valence-electron chi connectivity index (χ2n) is 5.56. The molecule has 0 atom stereocenters. The molecular weight excluding hydrogens is 377 g/mol. The summed E-state index contributed by atoms with van der Waals surface area (Å²) in [6.45, 7) is 3.49. The number of methoxy groups -OCH3 is 1. The summed E-state index contributed by atoms with van der Waals surface area (Å²) in [5, 5.41) is 3.16. The largest absolute Gasteiger partial charge is 0.494 e. The van der Waals surface area contributed by atoms with Crippen LogP contribution in [-0.2, 0) is 16.0 Å². The Morgan fingerprint density at radius 1 is 1.15 bits per heavy atom. The predicted molar refractivity (Wildman–Crippen MR) is 102 cm³/mol. The number of para-hydroxylation sites is 1. The van der Waals surface area contributed by atoms with Crippen LogP contribution in [0.1, 0.15) is 28.4 Å². The molecule has 0 unspecified atom stereocenters. The highest BCUT2D eigenvalue weighted by molar-refractivity contribution is 6.37. The Balaban J connectivity index is 2.03. The van der Waals surface area contributed by atoms with E-state index in [9.17, 15) is 9.59 Å². The molecule has 0 saturated heterocycles. The first-order chi connectivity index (χ1) is 12.4. The van der Waals surface area contributed by atoms with E-state index in [2.05, 4.69) is 5.32 Å². The van der Waals surface area contributed by atoms with Crippen LogP contribution < -0.4 is 10.1 Å². The van der Waals surface area contributed by atoms with Gasteiger partial charge in [0.1, 0.15) is 0 Å². The number of hydrogen-bond acceptors (Lipinski definition) is 4. The van der Waals surface area contributed by atoms with Crippen molar-refractivity contribution in [1.82, 2.24) is 0 Å². The molecule has 26 heavy (non-hydrogen) atoms. The second-order valence-corrected chi connectivity index (χ2v) is 6.37. The molecule has 0 fully saturated rings. The average molecular weight is 396 g/mol. The first kappa shape index (κ1) is 20.1. The number of ether oxygens (including phenoxy) is 2. The smallest absolute Gasteiger partial charge is 0.338 e. The molecule has 138 valence electrons. The molecule has 0 radical (unpaired) electrons. The number of nitrogens with one attached hydrogen (secondary N) is 1. The van der Waals surface area contributed by atoms with E-state index in [1.165, 1.54) is 19.2 Å². The third-order valence-electron chi connectivity index (χ3n) is 3.78. The first-order valence-electron chi connectivity index (χ1n) is 7.95. The monoisotopic (exact) mass is 395 g/mol. The number of carbonyl (C=O) groups is 2. The number of hydrogen-bond donors (Lipinski definition) is 1. The minimum atomic E-state index is -0.702. The zero-order valence-electron chi connectivity index (χ0n) is 14.7. The number of benzene rings is 2. The highest BCUT2D eigenvalue weighted by Gasteiger charge is 2.16. The van der Waals surface area contributed by atoms with E-state index < -0.39 is 18.5 Å². The lowest BCUT2D eigenvalue weighted by Crippen LogP contribution is -2.22. The van der Waals surface area contributed by atoms with E-state index in [0.717, 1.165) is 23.2 Å². The summed E-state index contributed by atoms with van der Waals surface area (Å²) >= 11 is 12.0. The van der Waals surface area contributed by atoms with Crippen LogP contribution in [0.4, 0.5) is 5.69 Å². The van der Waals surface area contributed by atoms with E-state index in [1.54, 1.807) is 0 Å². The molecule has 2 rings (SSSR count). The van der Waals surface area contributed by atoms with Gasteiger partial charge in [-0.05, 0) is 36.6 Å². The fourth-order valence-corrected chi connectivity index (χ4v) is 3.11. The molecule has 0 aromatic heterocycles. The third kappa shape index (κ3) is 4.68. The molecule has 0 aliphatic carbocycles. The predicted octanol–water partition coefficient (Wildman–Crippen LogP) is 4.67. The molecule has 2 aromatic rings. The van der Waals surface area contributed by atoms with Gasteiger partial charge in [-0.25, -0.2) is 4.79 Å². The van der Waals surface area contributed by atoms with E-state index in [-0.39, 0.29) is 21.4 Å². The molecule has 0 saturated carbocycles. The summed E-state index contributed by atoms with van der Waals surface area (Å²) in [5.74, 6) is -0.852. The Labute approximate surface area is 162 Å². The number of rotatable bonds is 6. The van der Waals surface area contributed by atoms with Crippen LogP contribution in [0.2, 0.25) is 10.0 Å². The fraction of sp³-hybridized carbons (Fsp3) is 0.263. The van der Waals surface area contributed by atoms with Crippen LogP contribution in [0.15, 0.2) is 30.3 Å². The summed E-state index contributed by atoms with van der Waals surface area (Å²) in [5.41, 5.74) is 2.83. The van der Waals surface area contributed by atoms with Gasteiger partial charge in [-0.3, -0.25) is 4.79 Å². The summed E-state index contributed by atoms with van der Waals surface area (Å²) in [7, 11) is 1.42. The second kappa shape index (κ2) is 8.92. The summed E-state index contributed by atoms with van der Waals surface area (Å²) in [4.78, 5) is 24.3. The van der Waals surface area contributed by atoms with Gasteiger partial charge in [0.15, 0.2) is 12.4 Å². The van der Waals surface area contributed by atoms with Crippen molar-refractivity contribution < 1.29 is 19.1 Å². The Kier molecular flexibility index (Phi) is 6.89. The zero-order chi connectivity index (χ0) is 19.3. The minimum absolute atomic E-state index is 0.138. The van der Waals surface area contributed by atoms with Gasteiger partial charge in [-0.2, -0.15) is 0 Å². The van der Waals surface area contributed by atoms with Gasteiger partial charge in [0.2, 0.25) is 0 Å². The Morgan fingerprint density at radius 3 is 2.38 bits per heavy atom. The number of aryl methyl sites for hydroxylation is 2. The Bertz CT molecular complexity index is 813. The van der Waals surface area contributed by atoms with Crippen molar-refractivity contribution in [3.8, 4) is 5.75 Å². The molecule has 1 N–H and O–H groups in total. The van der Waals surface area contributed by atoms with Crippen molar-refractivity contribution >= 4 is 40.8 Å². The quantitative estimate of drug-likeness (QED) is 0.721. The van der Waals surface area contributed by atoms with Crippen molar-refractivity contribution in [2.45, 2.75) is 20.3 Å². The van der Waals surface area contributed by atoms with Gasteiger partial charge >= 0.3 is 5.97 Å². The van der Waals surface area contributed by atoms with Crippen molar-refractivity contribution in [3.63, 3.8) is 0 Å². The number of halogens is 2. The maximum atomic E-state index is 12.1. The van der Waals surface area contributed by atoms with Gasteiger partial charge in [0.25, 0.3) is 5.91 Å². The van der Waals surface area contributed by atoms with Crippen LogP contribution in [0.3, 0.4) is 0 Å². The number of amides is 1. The van der Waals surface area contributed by atoms with E-state index >= 15 is 0 Å². The first-order valence-corrected chi connectivity index (χ1v) is 8.71. The molecule has 5 nitrogen and oxygen atoms in total. The van der Waals surface area contributed by atoms with Gasteiger partial charge in [0, 0.05) is 5.69 Å². The summed E-state index contributed by atoms with van der Waals surface area (Å²) in [6.07, 6.45) is 0.778. The van der Waals surface area contributed by atoms with Gasteiger partial charge in [-0.15, -0.1) is 0 Å². The van der Waals surface area contributed by atoms with Gasteiger partial charge in [0.05, 0.1) is 22.7 Å². The highest BCUT2D eigenvalue weighted by atomic mass is 35.5. The lowest BCUT2D eigenvalue weighted by molar-refractivity contribution is -0.119. The van der Waals surface area contributed by atoms with Crippen LogP contribution in [0.25, 0.3) is 0 Å². The standard InChI is InChI=1S/C19H19Cl2NO4/c1-4-12-7-5-6-11(2)17(12)22-16(23)10-26-19(24)13-8-14(20)18(25-3)15(21)9-13/h5-9H,4,10H2,1-3H3,(H,22,23). The van der Waals surface area contributed by atoms with E-state index in [0.29, 0.717) is 0 Å². The van der Waals surface area contributed by atoms with Crippen molar-refractivity contribution in [3.05, 3.63) is 57.1 Å². The molecule has 0 bridgehead atoms. The molecule has 0 aliphatic heterocycles. The van der Waals surface area contributed by atoms with E-state index in [1.807, 2.05) is 32.0 Å². The fourth-order valence-electron chi connectivity index (χ4n) is 2.46. The van der Waals surface area contributed by atoms with Crippen LogP contribution in [0.5, 0.6) is 5.75 Å². The topological polar surface area (TPSA) is 64.6 Å². The maximum absolute atomic E-state index is 12.1. The lowest BCUT2D eigenvalue weighted by atomic mass is 10.1. The molecule has 0 heterocycles. The summed E-state index contributed by atoms with van der Waals surface area (Å²) < 4.78 is 10.1. The van der Waals surface area contributed by atoms with Gasteiger partial charge < -0.3 is 14.8 Å². The average Bonchev–Trinajstić information content (AvgIpc) is 2.61. The Morgan fingerprint density at radius 2 is 1.81 bits per heavy atom. The molecule has 0 spiro atoms. The summed E-state index contributed by atoms with van der Waals surface area (Å²) in [6, 6.07) is 8.53. The Hall–Kier alpha value is -2.24. The third-order valence-corrected chi connectivity index (χ3v) is 4.34. The lowest BCUT2D eigenvalue weighted by Gasteiger charge is -2.13. The van der Waals surface area contributed by atoms with Crippen LogP contribution >= 0.6 is 23.2 Å². The molecule has 1 amide bonds.